The number of hydrogen-bond acceptors (Lipinski definition) is 3. The number of pyridine rings is 1. The Kier molecular flexibility index (Phi) is 2.64. The molecule has 0 atom stereocenters. The van der Waals surface area contributed by atoms with Gasteiger partial charge in [-0.2, -0.15) is 0 Å². The zero-order valence-electron chi connectivity index (χ0n) is 7.29. The smallest absolute Gasteiger partial charge is 0.337 e. The summed E-state index contributed by atoms with van der Waals surface area (Å²) in [6.45, 7) is 1.34. The second kappa shape index (κ2) is 3.57. The predicted octanol–water partition coefficient (Wildman–Crippen LogP) is 1.61. The molecule has 1 rings (SSSR count). The largest absolute Gasteiger partial charge is 0.478 e. The summed E-state index contributed by atoms with van der Waals surface area (Å²) in [5, 5.41) is 8.64. The highest BCUT2D eigenvalue weighted by Crippen LogP contribution is 2.24. The Hall–Kier alpha value is -1.72. The summed E-state index contributed by atoms with van der Waals surface area (Å²) in [6, 6.07) is 0.992. The normalized spacial score (nSPS) is 10.6. The van der Waals surface area contributed by atoms with Gasteiger partial charge in [0.25, 0.3) is 6.43 Å². The van der Waals surface area contributed by atoms with Crippen LogP contribution in [0.15, 0.2) is 6.07 Å². The molecule has 14 heavy (non-hydrogen) atoms. The van der Waals surface area contributed by atoms with Crippen LogP contribution in [-0.4, -0.2) is 16.1 Å². The molecule has 4 nitrogen and oxygen atoms in total. The molecule has 0 fully saturated rings. The highest BCUT2D eigenvalue weighted by Gasteiger charge is 2.17. The van der Waals surface area contributed by atoms with Crippen LogP contribution >= 0.6 is 0 Å². The standard InChI is InChI=1S/C8H8F2N2O2/c1-3-4(8(13)14)2-5(11)6(12-3)7(9)10/h2,7H,11H2,1H3,(H,13,14). The fourth-order valence-corrected chi connectivity index (χ4v) is 1.03. The van der Waals surface area contributed by atoms with Crippen LogP contribution in [0.5, 0.6) is 0 Å². The van der Waals surface area contributed by atoms with E-state index in [4.69, 9.17) is 10.8 Å². The van der Waals surface area contributed by atoms with Gasteiger partial charge in [-0.05, 0) is 13.0 Å². The molecule has 6 heteroatoms. The summed E-state index contributed by atoms with van der Waals surface area (Å²) >= 11 is 0. The van der Waals surface area contributed by atoms with Crippen molar-refractivity contribution >= 4 is 11.7 Å². The van der Waals surface area contributed by atoms with Gasteiger partial charge in [0, 0.05) is 0 Å². The van der Waals surface area contributed by atoms with E-state index in [0.717, 1.165) is 6.07 Å². The first-order chi connectivity index (χ1) is 6.43. The lowest BCUT2D eigenvalue weighted by Crippen LogP contribution is -2.07. The highest BCUT2D eigenvalue weighted by atomic mass is 19.3. The molecule has 0 spiro atoms. The number of carboxylic acids is 1. The molecule has 0 radical (unpaired) electrons. The van der Waals surface area contributed by atoms with Gasteiger partial charge in [0.15, 0.2) is 0 Å². The zero-order valence-corrected chi connectivity index (χ0v) is 7.29. The summed E-state index contributed by atoms with van der Waals surface area (Å²) in [4.78, 5) is 14.0. The minimum absolute atomic E-state index is 0.0296. The molecule has 1 heterocycles. The van der Waals surface area contributed by atoms with Gasteiger partial charge in [-0.15, -0.1) is 0 Å². The van der Waals surface area contributed by atoms with Gasteiger partial charge in [-0.25, -0.2) is 18.6 Å². The van der Waals surface area contributed by atoms with Crippen LogP contribution in [0.4, 0.5) is 14.5 Å². The monoisotopic (exact) mass is 202 g/mol. The first-order valence-corrected chi connectivity index (χ1v) is 3.72. The maximum atomic E-state index is 12.3. The van der Waals surface area contributed by atoms with Crippen molar-refractivity contribution < 1.29 is 18.7 Å². The molecule has 0 aliphatic rings. The van der Waals surface area contributed by atoms with Crippen LogP contribution in [0.25, 0.3) is 0 Å². The van der Waals surface area contributed by atoms with E-state index < -0.39 is 18.1 Å². The van der Waals surface area contributed by atoms with Gasteiger partial charge >= 0.3 is 5.97 Å². The molecule has 0 amide bonds. The Morgan fingerprint density at radius 2 is 2.21 bits per heavy atom. The first-order valence-electron chi connectivity index (χ1n) is 3.72. The number of hydrogen-bond donors (Lipinski definition) is 2. The molecule has 0 saturated heterocycles. The van der Waals surface area contributed by atoms with E-state index in [0.29, 0.717) is 0 Å². The number of aryl methyl sites for hydroxylation is 1. The number of aromatic carboxylic acids is 1. The Morgan fingerprint density at radius 3 is 2.64 bits per heavy atom. The number of nitrogens with zero attached hydrogens (tertiary/aromatic N) is 1. The van der Waals surface area contributed by atoms with Gasteiger partial charge in [-0.1, -0.05) is 0 Å². The number of alkyl halides is 2. The summed E-state index contributed by atoms with van der Waals surface area (Å²) < 4.78 is 24.5. The Morgan fingerprint density at radius 1 is 1.64 bits per heavy atom. The lowest BCUT2D eigenvalue weighted by atomic mass is 10.1. The number of carboxylic acid groups (broad SMARTS) is 1. The van der Waals surface area contributed by atoms with Crippen molar-refractivity contribution in [2.45, 2.75) is 13.3 Å². The van der Waals surface area contributed by atoms with Gasteiger partial charge in [-0.3, -0.25) is 0 Å². The summed E-state index contributed by atoms with van der Waals surface area (Å²) in [6.07, 6.45) is -2.79. The SMILES string of the molecule is Cc1nc(C(F)F)c(N)cc1C(=O)O. The quantitative estimate of drug-likeness (QED) is 0.763. The van der Waals surface area contributed by atoms with Crippen LogP contribution in [0.1, 0.15) is 28.2 Å². The third-order valence-corrected chi connectivity index (χ3v) is 1.71. The molecule has 0 aliphatic heterocycles. The second-order valence-electron chi connectivity index (χ2n) is 2.70. The zero-order chi connectivity index (χ0) is 10.9. The Labute approximate surface area is 78.4 Å². The molecule has 0 aromatic carbocycles. The minimum atomic E-state index is -2.79. The fourth-order valence-electron chi connectivity index (χ4n) is 1.03. The fraction of sp³-hybridized carbons (Fsp3) is 0.250. The average Bonchev–Trinajstić information content (AvgIpc) is 2.07. The Balaban J connectivity index is 3.31. The molecule has 0 unspecified atom stereocenters. The number of aromatic nitrogens is 1. The first kappa shape index (κ1) is 10.4. The molecular weight excluding hydrogens is 194 g/mol. The predicted molar refractivity (Wildman–Crippen MR) is 45.3 cm³/mol. The lowest BCUT2D eigenvalue weighted by molar-refractivity contribution is 0.0695. The molecule has 0 bridgehead atoms. The second-order valence-corrected chi connectivity index (χ2v) is 2.70. The molecular formula is C8H8F2N2O2. The van der Waals surface area contributed by atoms with Gasteiger partial charge in [0.2, 0.25) is 0 Å². The van der Waals surface area contributed by atoms with E-state index in [9.17, 15) is 13.6 Å². The summed E-state index contributed by atoms with van der Waals surface area (Å²) in [7, 11) is 0. The van der Waals surface area contributed by atoms with Crippen molar-refractivity contribution in [1.82, 2.24) is 4.98 Å². The van der Waals surface area contributed by atoms with E-state index in [1.54, 1.807) is 0 Å². The van der Waals surface area contributed by atoms with Gasteiger partial charge < -0.3 is 10.8 Å². The number of rotatable bonds is 2. The van der Waals surface area contributed by atoms with Crippen molar-refractivity contribution in [3.63, 3.8) is 0 Å². The van der Waals surface area contributed by atoms with Crippen LogP contribution in [0.2, 0.25) is 0 Å². The minimum Gasteiger partial charge on any atom is -0.478 e. The number of carbonyl (C=O) groups is 1. The van der Waals surface area contributed by atoms with Crippen molar-refractivity contribution in [3.05, 3.63) is 23.0 Å². The third kappa shape index (κ3) is 1.78. The van der Waals surface area contributed by atoms with E-state index in [1.165, 1.54) is 6.92 Å². The maximum absolute atomic E-state index is 12.3. The topological polar surface area (TPSA) is 76.2 Å². The van der Waals surface area contributed by atoms with Crippen molar-refractivity contribution in [2.75, 3.05) is 5.73 Å². The molecule has 0 aliphatic carbocycles. The number of nitrogens with two attached hydrogens (primary N) is 1. The van der Waals surface area contributed by atoms with Crippen molar-refractivity contribution in [2.24, 2.45) is 0 Å². The van der Waals surface area contributed by atoms with E-state index >= 15 is 0 Å². The highest BCUT2D eigenvalue weighted by molar-refractivity contribution is 5.90. The van der Waals surface area contributed by atoms with Gasteiger partial charge in [0.1, 0.15) is 5.69 Å². The van der Waals surface area contributed by atoms with Gasteiger partial charge in [0.05, 0.1) is 16.9 Å². The van der Waals surface area contributed by atoms with Crippen LogP contribution in [0.3, 0.4) is 0 Å². The molecule has 1 aromatic heterocycles. The lowest BCUT2D eigenvalue weighted by Gasteiger charge is -2.07. The molecule has 1 aromatic rings. The van der Waals surface area contributed by atoms with E-state index in [1.807, 2.05) is 0 Å². The maximum Gasteiger partial charge on any atom is 0.337 e. The molecule has 76 valence electrons. The average molecular weight is 202 g/mol. The van der Waals surface area contributed by atoms with Crippen LogP contribution in [-0.2, 0) is 0 Å². The summed E-state index contributed by atoms with van der Waals surface area (Å²) in [5.41, 5.74) is 4.21. The summed E-state index contributed by atoms with van der Waals surface area (Å²) in [5.74, 6) is -1.23. The number of halogens is 2. The van der Waals surface area contributed by atoms with Crippen molar-refractivity contribution in [1.29, 1.82) is 0 Å². The van der Waals surface area contributed by atoms with Crippen molar-refractivity contribution in [3.8, 4) is 0 Å². The van der Waals surface area contributed by atoms with E-state index in [-0.39, 0.29) is 16.9 Å². The van der Waals surface area contributed by atoms with Crippen LogP contribution < -0.4 is 5.73 Å². The third-order valence-electron chi connectivity index (χ3n) is 1.71. The molecule has 0 saturated carbocycles. The Bertz CT molecular complexity index is 380. The number of anilines is 1. The van der Waals surface area contributed by atoms with Crippen LogP contribution in [0, 0.1) is 6.92 Å². The molecule has 3 N–H and O–H groups in total. The number of nitrogen functional groups attached to an aromatic ring is 1. The van der Waals surface area contributed by atoms with E-state index in [2.05, 4.69) is 4.98 Å².